The van der Waals surface area contributed by atoms with Crippen molar-refractivity contribution in [2.45, 2.75) is 32.7 Å². The van der Waals surface area contributed by atoms with Crippen molar-refractivity contribution in [2.75, 3.05) is 13.2 Å². The second kappa shape index (κ2) is 7.65. The van der Waals surface area contributed by atoms with Gasteiger partial charge in [-0.05, 0) is 25.5 Å². The molecule has 0 radical (unpaired) electrons. The average molecular weight is 279 g/mol. The van der Waals surface area contributed by atoms with Crippen molar-refractivity contribution in [1.29, 1.82) is 0 Å². The Morgan fingerprint density at radius 2 is 2.05 bits per heavy atom. The third-order valence-electron chi connectivity index (χ3n) is 3.22. The number of nitrogens with zero attached hydrogens (tertiary/aromatic N) is 1. The lowest BCUT2D eigenvalue weighted by molar-refractivity contribution is -0.137. The zero-order valence-electron chi connectivity index (χ0n) is 11.9. The highest BCUT2D eigenvalue weighted by Crippen LogP contribution is 2.13. The van der Waals surface area contributed by atoms with Crippen molar-refractivity contribution in [3.05, 3.63) is 35.4 Å². The molecule has 5 heteroatoms. The first-order valence-electron chi connectivity index (χ1n) is 6.69. The van der Waals surface area contributed by atoms with E-state index in [0.29, 0.717) is 12.0 Å². The minimum Gasteiger partial charge on any atom is -0.481 e. The summed E-state index contributed by atoms with van der Waals surface area (Å²) in [5.41, 5.74) is 1.48. The van der Waals surface area contributed by atoms with Crippen LogP contribution in [0.2, 0.25) is 0 Å². The normalized spacial score (nSPS) is 11.9. The fourth-order valence-corrected chi connectivity index (χ4v) is 2.06. The molecule has 1 aromatic carbocycles. The first-order chi connectivity index (χ1) is 9.49. The summed E-state index contributed by atoms with van der Waals surface area (Å²) >= 11 is 0. The van der Waals surface area contributed by atoms with Crippen molar-refractivity contribution in [3.63, 3.8) is 0 Å². The first kappa shape index (κ1) is 16.2. The third-order valence-corrected chi connectivity index (χ3v) is 3.22. The Hall–Kier alpha value is -1.88. The summed E-state index contributed by atoms with van der Waals surface area (Å²) in [7, 11) is 0. The number of carboxylic acid groups (broad SMARTS) is 1. The molecule has 5 nitrogen and oxygen atoms in total. The summed E-state index contributed by atoms with van der Waals surface area (Å²) in [6.45, 7) is 3.68. The van der Waals surface area contributed by atoms with E-state index < -0.39 is 5.97 Å². The Kier molecular flexibility index (Phi) is 6.18. The van der Waals surface area contributed by atoms with E-state index in [4.69, 9.17) is 5.11 Å². The number of carbonyl (C=O) groups excluding carboxylic acids is 1. The number of carboxylic acids is 1. The molecule has 0 fully saturated rings. The summed E-state index contributed by atoms with van der Waals surface area (Å²) in [6, 6.07) is 6.79. The molecule has 1 atom stereocenters. The average Bonchev–Trinajstić information content (AvgIpc) is 2.42. The van der Waals surface area contributed by atoms with E-state index in [-0.39, 0.29) is 31.5 Å². The van der Waals surface area contributed by atoms with Gasteiger partial charge >= 0.3 is 5.97 Å². The standard InChI is InChI=1S/C15H21NO4/c1-3-13(10-17)16(8-7-14(18)19)15(20)12-6-4-5-11(2)9-12/h4-6,9,13,17H,3,7-8,10H2,1-2H3,(H,18,19). The Morgan fingerprint density at radius 3 is 2.55 bits per heavy atom. The van der Waals surface area contributed by atoms with Crippen LogP contribution in [0.4, 0.5) is 0 Å². The monoisotopic (exact) mass is 279 g/mol. The van der Waals surface area contributed by atoms with Crippen LogP contribution in [0.1, 0.15) is 35.7 Å². The molecule has 110 valence electrons. The van der Waals surface area contributed by atoms with Crippen LogP contribution < -0.4 is 0 Å². The summed E-state index contributed by atoms with van der Waals surface area (Å²) in [5.74, 6) is -1.20. The largest absolute Gasteiger partial charge is 0.481 e. The van der Waals surface area contributed by atoms with Crippen LogP contribution in [0.15, 0.2) is 24.3 Å². The molecular weight excluding hydrogens is 258 g/mol. The molecule has 1 unspecified atom stereocenters. The van der Waals surface area contributed by atoms with E-state index in [1.54, 1.807) is 18.2 Å². The van der Waals surface area contributed by atoms with Gasteiger partial charge in [0.05, 0.1) is 19.1 Å². The van der Waals surface area contributed by atoms with Crippen LogP contribution in [-0.2, 0) is 4.79 Å². The molecule has 1 aromatic rings. The molecule has 1 amide bonds. The van der Waals surface area contributed by atoms with E-state index in [0.717, 1.165) is 5.56 Å². The molecule has 1 rings (SSSR count). The SMILES string of the molecule is CCC(CO)N(CCC(=O)O)C(=O)c1cccc(C)c1. The van der Waals surface area contributed by atoms with E-state index in [1.807, 2.05) is 19.9 Å². The van der Waals surface area contributed by atoms with E-state index >= 15 is 0 Å². The van der Waals surface area contributed by atoms with Crippen molar-refractivity contribution in [2.24, 2.45) is 0 Å². The number of rotatable bonds is 7. The lowest BCUT2D eigenvalue weighted by Crippen LogP contribution is -2.43. The molecule has 0 aliphatic carbocycles. The number of aliphatic hydroxyl groups excluding tert-OH is 1. The molecule has 0 saturated heterocycles. The summed E-state index contributed by atoms with van der Waals surface area (Å²) < 4.78 is 0. The molecular formula is C15H21NO4. The Labute approximate surface area is 118 Å². The van der Waals surface area contributed by atoms with E-state index in [9.17, 15) is 14.7 Å². The molecule has 0 bridgehead atoms. The van der Waals surface area contributed by atoms with Gasteiger partial charge in [-0.2, -0.15) is 0 Å². The van der Waals surface area contributed by atoms with Crippen molar-refractivity contribution in [3.8, 4) is 0 Å². The van der Waals surface area contributed by atoms with Crippen LogP contribution in [0, 0.1) is 6.92 Å². The fourth-order valence-electron chi connectivity index (χ4n) is 2.06. The smallest absolute Gasteiger partial charge is 0.305 e. The lowest BCUT2D eigenvalue weighted by Gasteiger charge is -2.29. The highest BCUT2D eigenvalue weighted by atomic mass is 16.4. The predicted octanol–water partition coefficient (Wildman–Crippen LogP) is 1.68. The molecule has 0 spiro atoms. The number of hydrogen-bond acceptors (Lipinski definition) is 3. The van der Waals surface area contributed by atoms with Gasteiger partial charge in [-0.3, -0.25) is 9.59 Å². The maximum atomic E-state index is 12.5. The quantitative estimate of drug-likeness (QED) is 0.796. The van der Waals surface area contributed by atoms with Gasteiger partial charge in [0.15, 0.2) is 0 Å². The minimum absolute atomic E-state index is 0.0984. The topological polar surface area (TPSA) is 77.8 Å². The minimum atomic E-state index is -0.958. The second-order valence-corrected chi connectivity index (χ2v) is 4.76. The van der Waals surface area contributed by atoms with Crippen LogP contribution in [0.3, 0.4) is 0 Å². The number of carbonyl (C=O) groups is 2. The summed E-state index contributed by atoms with van der Waals surface area (Å²) in [5, 5.41) is 18.2. The Balaban J connectivity index is 2.96. The fraction of sp³-hybridized carbons (Fsp3) is 0.467. The van der Waals surface area contributed by atoms with Gasteiger partial charge in [0.25, 0.3) is 5.91 Å². The molecule has 0 aliphatic rings. The van der Waals surface area contributed by atoms with Crippen LogP contribution >= 0.6 is 0 Å². The lowest BCUT2D eigenvalue weighted by atomic mass is 10.1. The van der Waals surface area contributed by atoms with Crippen LogP contribution in [0.25, 0.3) is 0 Å². The zero-order valence-corrected chi connectivity index (χ0v) is 11.9. The number of benzene rings is 1. The van der Waals surface area contributed by atoms with Gasteiger partial charge in [0.2, 0.25) is 0 Å². The maximum absolute atomic E-state index is 12.5. The molecule has 0 heterocycles. The zero-order chi connectivity index (χ0) is 15.1. The van der Waals surface area contributed by atoms with Crippen LogP contribution in [-0.4, -0.2) is 46.2 Å². The van der Waals surface area contributed by atoms with Gasteiger partial charge in [-0.15, -0.1) is 0 Å². The van der Waals surface area contributed by atoms with Crippen molar-refractivity contribution >= 4 is 11.9 Å². The number of hydrogen-bond donors (Lipinski definition) is 2. The van der Waals surface area contributed by atoms with E-state index in [2.05, 4.69) is 0 Å². The number of aryl methyl sites for hydroxylation is 1. The third kappa shape index (κ3) is 4.35. The van der Waals surface area contributed by atoms with Gasteiger partial charge in [0, 0.05) is 12.1 Å². The van der Waals surface area contributed by atoms with Crippen LogP contribution in [0.5, 0.6) is 0 Å². The van der Waals surface area contributed by atoms with Gasteiger partial charge in [0.1, 0.15) is 0 Å². The molecule has 2 N–H and O–H groups in total. The molecule has 0 aliphatic heterocycles. The first-order valence-corrected chi connectivity index (χ1v) is 6.69. The van der Waals surface area contributed by atoms with Gasteiger partial charge in [-0.25, -0.2) is 0 Å². The number of aliphatic carboxylic acids is 1. The van der Waals surface area contributed by atoms with Crippen molar-refractivity contribution < 1.29 is 19.8 Å². The number of amides is 1. The summed E-state index contributed by atoms with van der Waals surface area (Å²) in [4.78, 5) is 24.7. The second-order valence-electron chi connectivity index (χ2n) is 4.76. The number of aliphatic hydroxyl groups is 1. The summed E-state index contributed by atoms with van der Waals surface area (Å²) in [6.07, 6.45) is 0.446. The Bertz CT molecular complexity index is 469. The maximum Gasteiger partial charge on any atom is 0.305 e. The Morgan fingerprint density at radius 1 is 1.35 bits per heavy atom. The highest BCUT2D eigenvalue weighted by molar-refractivity contribution is 5.94. The predicted molar refractivity (Wildman–Crippen MR) is 75.6 cm³/mol. The molecule has 20 heavy (non-hydrogen) atoms. The molecule has 0 aromatic heterocycles. The van der Waals surface area contributed by atoms with Gasteiger partial charge < -0.3 is 15.1 Å². The van der Waals surface area contributed by atoms with E-state index in [1.165, 1.54) is 4.90 Å². The van der Waals surface area contributed by atoms with Gasteiger partial charge in [-0.1, -0.05) is 24.6 Å². The van der Waals surface area contributed by atoms with Crippen molar-refractivity contribution in [1.82, 2.24) is 4.90 Å². The highest BCUT2D eigenvalue weighted by Gasteiger charge is 2.23. The molecule has 0 saturated carbocycles.